The van der Waals surface area contributed by atoms with E-state index in [1.165, 1.54) is 24.8 Å². The van der Waals surface area contributed by atoms with Gasteiger partial charge in [0.15, 0.2) is 17.5 Å². The van der Waals surface area contributed by atoms with Crippen molar-refractivity contribution in [2.75, 3.05) is 26.4 Å². The molecule has 32 heavy (non-hydrogen) atoms. The van der Waals surface area contributed by atoms with E-state index in [2.05, 4.69) is 51.4 Å². The number of rotatable bonds is 8. The second-order valence-electron chi connectivity index (χ2n) is 8.33. The Morgan fingerprint density at radius 3 is 2.72 bits per heavy atom. The summed E-state index contributed by atoms with van der Waals surface area (Å²) in [6.45, 7) is 7.68. The van der Waals surface area contributed by atoms with E-state index in [9.17, 15) is 0 Å². The maximum absolute atomic E-state index is 5.65. The lowest BCUT2D eigenvalue weighted by molar-refractivity contribution is 0.174. The molecule has 1 aromatic carbocycles. The molecule has 0 spiro atoms. The standard InChI is InChI=1S/C23H34N6O2.HI/c1-3-21-28-27-16-29(21)13-12-25-22(24-4-2)26-15-23(10-6-5-7-11-23)18-8-9-19-20(14-18)31-17-30-19;/h8-9,14,16H,3-7,10-13,15,17H2,1-2H3,(H2,24,25,26);1H. The maximum atomic E-state index is 5.65. The number of aromatic nitrogens is 3. The van der Waals surface area contributed by atoms with Crippen LogP contribution in [0.5, 0.6) is 11.5 Å². The first-order chi connectivity index (χ1) is 15.2. The minimum absolute atomic E-state index is 0. The van der Waals surface area contributed by atoms with Crippen LogP contribution in [0.1, 0.15) is 57.3 Å². The van der Waals surface area contributed by atoms with Crippen LogP contribution >= 0.6 is 24.0 Å². The summed E-state index contributed by atoms with van der Waals surface area (Å²) in [6, 6.07) is 6.42. The quantitative estimate of drug-likeness (QED) is 0.295. The van der Waals surface area contributed by atoms with E-state index < -0.39 is 0 Å². The molecule has 0 saturated heterocycles. The zero-order chi connectivity index (χ0) is 21.5. The Bertz CT molecular complexity index is 894. The fourth-order valence-electron chi connectivity index (χ4n) is 4.60. The van der Waals surface area contributed by atoms with Crippen LogP contribution in [0.4, 0.5) is 0 Å². The highest BCUT2D eigenvalue weighted by molar-refractivity contribution is 14.0. The number of aryl methyl sites for hydroxylation is 1. The molecule has 0 amide bonds. The first kappa shape index (κ1) is 24.6. The average Bonchev–Trinajstić information content (AvgIpc) is 3.46. The summed E-state index contributed by atoms with van der Waals surface area (Å²) in [5.41, 5.74) is 1.36. The highest BCUT2D eigenvalue weighted by Gasteiger charge is 2.35. The summed E-state index contributed by atoms with van der Waals surface area (Å²) in [6.07, 6.45) is 8.75. The van der Waals surface area contributed by atoms with E-state index in [1.54, 1.807) is 6.33 Å². The molecule has 1 saturated carbocycles. The topological polar surface area (TPSA) is 85.6 Å². The van der Waals surface area contributed by atoms with Gasteiger partial charge in [0.05, 0.1) is 6.54 Å². The molecule has 2 N–H and O–H groups in total. The lowest BCUT2D eigenvalue weighted by atomic mass is 9.69. The minimum atomic E-state index is 0. The number of hydrogen-bond donors (Lipinski definition) is 2. The lowest BCUT2D eigenvalue weighted by Gasteiger charge is -2.37. The number of nitrogens with zero attached hydrogens (tertiary/aromatic N) is 4. The Morgan fingerprint density at radius 1 is 1.12 bits per heavy atom. The predicted molar refractivity (Wildman–Crippen MR) is 136 cm³/mol. The average molecular weight is 554 g/mol. The number of halogens is 1. The molecule has 9 heteroatoms. The van der Waals surface area contributed by atoms with Crippen molar-refractivity contribution in [3.05, 3.63) is 35.9 Å². The number of hydrogen-bond acceptors (Lipinski definition) is 5. The van der Waals surface area contributed by atoms with E-state index in [4.69, 9.17) is 14.5 Å². The third-order valence-corrected chi connectivity index (χ3v) is 6.34. The van der Waals surface area contributed by atoms with Crippen LogP contribution in [0.2, 0.25) is 0 Å². The van der Waals surface area contributed by atoms with Gasteiger partial charge in [0, 0.05) is 31.5 Å². The first-order valence-electron chi connectivity index (χ1n) is 11.5. The van der Waals surface area contributed by atoms with E-state index in [0.717, 1.165) is 68.7 Å². The summed E-state index contributed by atoms with van der Waals surface area (Å²) in [4.78, 5) is 5.02. The lowest BCUT2D eigenvalue weighted by Crippen LogP contribution is -2.41. The van der Waals surface area contributed by atoms with Gasteiger partial charge in [0.25, 0.3) is 0 Å². The number of nitrogens with one attached hydrogen (secondary N) is 2. The van der Waals surface area contributed by atoms with Crippen LogP contribution in [0.15, 0.2) is 29.5 Å². The van der Waals surface area contributed by atoms with E-state index in [1.807, 2.05) is 6.07 Å². The van der Waals surface area contributed by atoms with Gasteiger partial charge in [0.2, 0.25) is 6.79 Å². The van der Waals surface area contributed by atoms with Gasteiger partial charge in [-0.3, -0.25) is 4.99 Å². The zero-order valence-corrected chi connectivity index (χ0v) is 21.4. The summed E-state index contributed by atoms with van der Waals surface area (Å²) in [7, 11) is 0. The van der Waals surface area contributed by atoms with Crippen LogP contribution < -0.4 is 20.1 Å². The molecule has 2 aromatic rings. The van der Waals surface area contributed by atoms with Crippen molar-refractivity contribution in [1.82, 2.24) is 25.4 Å². The molecule has 1 aromatic heterocycles. The molecule has 1 fully saturated rings. The van der Waals surface area contributed by atoms with Crippen molar-refractivity contribution in [2.24, 2.45) is 4.99 Å². The van der Waals surface area contributed by atoms with E-state index in [0.29, 0.717) is 6.79 Å². The molecule has 176 valence electrons. The second kappa shape index (κ2) is 11.7. The first-order valence-corrected chi connectivity index (χ1v) is 11.5. The third-order valence-electron chi connectivity index (χ3n) is 6.34. The van der Waals surface area contributed by atoms with Crippen LogP contribution in [-0.2, 0) is 18.4 Å². The van der Waals surface area contributed by atoms with Crippen LogP contribution in [-0.4, -0.2) is 47.2 Å². The van der Waals surface area contributed by atoms with Gasteiger partial charge in [-0.1, -0.05) is 32.3 Å². The van der Waals surface area contributed by atoms with Gasteiger partial charge < -0.3 is 24.7 Å². The Hall–Kier alpha value is -2.04. The molecule has 2 heterocycles. The maximum Gasteiger partial charge on any atom is 0.231 e. The normalized spacial score (nSPS) is 17.0. The number of benzene rings is 1. The Kier molecular flexibility index (Phi) is 9.01. The van der Waals surface area contributed by atoms with Gasteiger partial charge in [-0.2, -0.15) is 0 Å². The van der Waals surface area contributed by atoms with E-state index in [-0.39, 0.29) is 29.4 Å². The van der Waals surface area contributed by atoms with E-state index >= 15 is 0 Å². The minimum Gasteiger partial charge on any atom is -0.454 e. The van der Waals surface area contributed by atoms with Crippen molar-refractivity contribution in [3.8, 4) is 11.5 Å². The number of guanidine groups is 1. The van der Waals surface area contributed by atoms with Crippen molar-refractivity contribution in [2.45, 2.75) is 64.3 Å². The number of aliphatic imine (C=N–C) groups is 1. The molecule has 2 aliphatic rings. The second-order valence-corrected chi connectivity index (χ2v) is 8.33. The SMILES string of the molecule is CCNC(=NCC1(c2ccc3c(c2)OCO3)CCCCC1)NCCn1cnnc1CC.I. The van der Waals surface area contributed by atoms with Gasteiger partial charge in [-0.25, -0.2) is 0 Å². The number of ether oxygens (including phenoxy) is 2. The zero-order valence-electron chi connectivity index (χ0n) is 19.1. The highest BCUT2D eigenvalue weighted by atomic mass is 127. The monoisotopic (exact) mass is 554 g/mol. The molecule has 8 nitrogen and oxygen atoms in total. The summed E-state index contributed by atoms with van der Waals surface area (Å²) in [5.74, 6) is 3.57. The van der Waals surface area contributed by atoms with Crippen molar-refractivity contribution >= 4 is 29.9 Å². The molecular weight excluding hydrogens is 519 g/mol. The van der Waals surface area contributed by atoms with Gasteiger partial charge in [-0.05, 0) is 37.5 Å². The summed E-state index contributed by atoms with van der Waals surface area (Å²) in [5, 5.41) is 15.0. The molecule has 4 rings (SSSR count). The van der Waals surface area contributed by atoms with Crippen molar-refractivity contribution in [3.63, 3.8) is 0 Å². The Balaban J connectivity index is 0.00000289. The van der Waals surface area contributed by atoms with Crippen LogP contribution in [0.25, 0.3) is 0 Å². The highest BCUT2D eigenvalue weighted by Crippen LogP contribution is 2.43. The summed E-state index contributed by atoms with van der Waals surface area (Å²) < 4.78 is 13.3. The largest absolute Gasteiger partial charge is 0.454 e. The third kappa shape index (κ3) is 5.65. The van der Waals surface area contributed by atoms with Crippen LogP contribution in [0.3, 0.4) is 0 Å². The molecule has 0 bridgehead atoms. The molecule has 1 aliphatic carbocycles. The van der Waals surface area contributed by atoms with Gasteiger partial charge >= 0.3 is 0 Å². The molecule has 0 radical (unpaired) electrons. The van der Waals surface area contributed by atoms with Gasteiger partial charge in [0.1, 0.15) is 12.2 Å². The fourth-order valence-corrected chi connectivity index (χ4v) is 4.60. The molecular formula is C23H35IN6O2. The molecule has 1 aliphatic heterocycles. The number of fused-ring (bicyclic) bond motifs is 1. The Labute approximate surface area is 207 Å². The van der Waals surface area contributed by atoms with Gasteiger partial charge in [-0.15, -0.1) is 34.2 Å². The molecule has 0 atom stereocenters. The predicted octanol–water partition coefficient (Wildman–Crippen LogP) is 3.64. The molecule has 0 unspecified atom stereocenters. The summed E-state index contributed by atoms with van der Waals surface area (Å²) >= 11 is 0. The smallest absolute Gasteiger partial charge is 0.231 e. The fraction of sp³-hybridized carbons (Fsp3) is 0.609. The Morgan fingerprint density at radius 2 is 1.94 bits per heavy atom. The van der Waals surface area contributed by atoms with Crippen molar-refractivity contribution < 1.29 is 9.47 Å². The van der Waals surface area contributed by atoms with Crippen LogP contribution in [0, 0.1) is 0 Å². The van der Waals surface area contributed by atoms with Crippen molar-refractivity contribution in [1.29, 1.82) is 0 Å².